The molecule has 3 aliphatic rings. The van der Waals surface area contributed by atoms with Crippen molar-refractivity contribution in [3.05, 3.63) is 24.2 Å². The lowest BCUT2D eigenvalue weighted by molar-refractivity contribution is -0.192. The van der Waals surface area contributed by atoms with Gasteiger partial charge in [0.1, 0.15) is 0 Å². The number of rotatable bonds is 3. The second kappa shape index (κ2) is 8.95. The molecule has 3 fully saturated rings. The average Bonchev–Trinajstić information content (AvgIpc) is 3.29. The number of nitrogens with zero attached hydrogens (tertiary/aromatic N) is 5. The third-order valence-corrected chi connectivity index (χ3v) is 6.07. The lowest BCUT2D eigenvalue weighted by Crippen LogP contribution is -2.40. The van der Waals surface area contributed by atoms with Crippen LogP contribution in [0.1, 0.15) is 50.3 Å². The highest BCUT2D eigenvalue weighted by Crippen LogP contribution is 2.34. The van der Waals surface area contributed by atoms with E-state index in [1.807, 2.05) is 9.42 Å². The van der Waals surface area contributed by atoms with Gasteiger partial charge < -0.3 is 14.9 Å². The lowest BCUT2D eigenvalue weighted by Gasteiger charge is -2.31. The monoisotopic (exact) mass is 453 g/mol. The largest absolute Gasteiger partial charge is 0.490 e. The highest BCUT2D eigenvalue weighted by atomic mass is 19.4. The summed E-state index contributed by atoms with van der Waals surface area (Å²) in [5.41, 5.74) is 2.14. The van der Waals surface area contributed by atoms with Gasteiger partial charge in [-0.25, -0.2) is 14.3 Å². The number of aromatic nitrogens is 3. The predicted octanol–water partition coefficient (Wildman–Crippen LogP) is 3.08. The van der Waals surface area contributed by atoms with E-state index in [2.05, 4.69) is 23.2 Å². The molecule has 174 valence electrons. The summed E-state index contributed by atoms with van der Waals surface area (Å²) >= 11 is 0. The Balaban J connectivity index is 0.000000307. The third kappa shape index (κ3) is 5.13. The number of carboxylic acids is 1. The zero-order valence-corrected chi connectivity index (χ0v) is 17.6. The molecule has 2 aromatic heterocycles. The molecule has 0 bridgehead atoms. The second-order valence-corrected chi connectivity index (χ2v) is 8.55. The lowest BCUT2D eigenvalue weighted by atomic mass is 9.97. The predicted molar refractivity (Wildman–Crippen MR) is 109 cm³/mol. The highest BCUT2D eigenvalue weighted by Gasteiger charge is 2.38. The maximum absolute atomic E-state index is 12.4. The van der Waals surface area contributed by atoms with Gasteiger partial charge in [0.05, 0.1) is 11.9 Å². The van der Waals surface area contributed by atoms with Crippen LogP contribution in [0.25, 0.3) is 5.65 Å². The minimum absolute atomic E-state index is 0.270. The molecule has 1 atom stereocenters. The van der Waals surface area contributed by atoms with Gasteiger partial charge in [-0.2, -0.15) is 18.3 Å². The van der Waals surface area contributed by atoms with E-state index in [0.29, 0.717) is 11.8 Å². The summed E-state index contributed by atoms with van der Waals surface area (Å²) in [4.78, 5) is 30.5. The maximum Gasteiger partial charge on any atom is 0.490 e. The van der Waals surface area contributed by atoms with Crippen molar-refractivity contribution in [1.29, 1.82) is 0 Å². The zero-order chi connectivity index (χ0) is 22.9. The molecule has 2 saturated heterocycles. The SMILES string of the molecule is O=C(C1CC1)N1CCCC(c2nc3ccc(N4CCCC4)cn3n2)C1.O=C(O)C(F)(F)F. The van der Waals surface area contributed by atoms with E-state index in [0.717, 1.165) is 63.3 Å². The van der Waals surface area contributed by atoms with Gasteiger partial charge in [0.2, 0.25) is 5.91 Å². The van der Waals surface area contributed by atoms with Gasteiger partial charge in [-0.05, 0) is 50.7 Å². The number of piperidine rings is 1. The number of likely N-dealkylation sites (tertiary alicyclic amines) is 1. The summed E-state index contributed by atoms with van der Waals surface area (Å²) in [6, 6.07) is 4.23. The molecule has 1 unspecified atom stereocenters. The number of amides is 1. The molecule has 2 aliphatic heterocycles. The first-order valence-corrected chi connectivity index (χ1v) is 10.9. The van der Waals surface area contributed by atoms with E-state index in [1.54, 1.807) is 0 Å². The van der Waals surface area contributed by atoms with Crippen molar-refractivity contribution in [2.24, 2.45) is 5.92 Å². The Morgan fingerprint density at radius 3 is 2.34 bits per heavy atom. The minimum Gasteiger partial charge on any atom is -0.475 e. The summed E-state index contributed by atoms with van der Waals surface area (Å²) in [6.07, 6.45) is 3.84. The van der Waals surface area contributed by atoms with Crippen molar-refractivity contribution in [2.45, 2.75) is 50.6 Å². The summed E-state index contributed by atoms with van der Waals surface area (Å²) in [7, 11) is 0. The molecule has 1 amide bonds. The Bertz CT molecular complexity index is 983. The highest BCUT2D eigenvalue weighted by molar-refractivity contribution is 5.81. The molecule has 2 aromatic rings. The number of carbonyl (C=O) groups is 2. The maximum atomic E-state index is 12.4. The Morgan fingerprint density at radius 2 is 1.72 bits per heavy atom. The van der Waals surface area contributed by atoms with Crippen LogP contribution in [0.2, 0.25) is 0 Å². The third-order valence-electron chi connectivity index (χ3n) is 6.07. The Hall–Kier alpha value is -2.85. The standard InChI is InChI=1S/C19H25N5O.C2HF3O2/c25-19(14-5-6-14)23-11-3-4-15(12-23)18-20-17-8-7-16(13-24(17)21-18)22-9-1-2-10-22;3-2(4,5)1(6)7/h7-8,13-15H,1-6,9-12H2;(H,6,7). The van der Waals surface area contributed by atoms with E-state index < -0.39 is 12.1 Å². The molecule has 4 heterocycles. The van der Waals surface area contributed by atoms with Crippen LogP contribution >= 0.6 is 0 Å². The van der Waals surface area contributed by atoms with Gasteiger partial charge in [0, 0.05) is 38.0 Å². The fourth-order valence-corrected chi connectivity index (χ4v) is 4.20. The summed E-state index contributed by atoms with van der Waals surface area (Å²) in [5, 5.41) is 11.9. The van der Waals surface area contributed by atoms with E-state index in [1.165, 1.54) is 18.5 Å². The molecule has 11 heteroatoms. The van der Waals surface area contributed by atoms with Crippen LogP contribution in [0.4, 0.5) is 18.9 Å². The molecule has 5 rings (SSSR count). The van der Waals surface area contributed by atoms with Gasteiger partial charge in [0.15, 0.2) is 11.5 Å². The fraction of sp³-hybridized carbons (Fsp3) is 0.619. The molecule has 0 radical (unpaired) electrons. The summed E-state index contributed by atoms with van der Waals surface area (Å²) in [6.45, 7) is 3.95. The summed E-state index contributed by atoms with van der Waals surface area (Å²) < 4.78 is 33.7. The fourth-order valence-electron chi connectivity index (χ4n) is 4.20. The number of pyridine rings is 1. The van der Waals surface area contributed by atoms with E-state index in [-0.39, 0.29) is 5.92 Å². The van der Waals surface area contributed by atoms with Crippen LogP contribution in [-0.2, 0) is 9.59 Å². The Kier molecular flexibility index (Phi) is 6.25. The number of fused-ring (bicyclic) bond motifs is 1. The van der Waals surface area contributed by atoms with E-state index in [4.69, 9.17) is 20.0 Å². The molecule has 0 spiro atoms. The van der Waals surface area contributed by atoms with Crippen molar-refractivity contribution in [2.75, 3.05) is 31.1 Å². The number of hydrogen-bond acceptors (Lipinski definition) is 5. The number of halogens is 3. The smallest absolute Gasteiger partial charge is 0.475 e. The second-order valence-electron chi connectivity index (χ2n) is 8.55. The zero-order valence-electron chi connectivity index (χ0n) is 17.6. The average molecular weight is 453 g/mol. The molecule has 32 heavy (non-hydrogen) atoms. The Labute approximate surface area is 183 Å². The van der Waals surface area contributed by atoms with Gasteiger partial charge in [0.25, 0.3) is 0 Å². The number of anilines is 1. The molecular weight excluding hydrogens is 427 g/mol. The molecular formula is C21H26F3N5O3. The number of carboxylic acid groups (broad SMARTS) is 1. The minimum atomic E-state index is -5.08. The first-order chi connectivity index (χ1) is 15.2. The van der Waals surface area contributed by atoms with Crippen molar-refractivity contribution in [3.8, 4) is 0 Å². The molecule has 1 saturated carbocycles. The van der Waals surface area contributed by atoms with E-state index in [9.17, 15) is 18.0 Å². The number of alkyl halides is 3. The number of carbonyl (C=O) groups excluding carboxylic acids is 1. The molecule has 0 aromatic carbocycles. The van der Waals surface area contributed by atoms with E-state index >= 15 is 0 Å². The number of hydrogen-bond donors (Lipinski definition) is 1. The van der Waals surface area contributed by atoms with Crippen molar-refractivity contribution < 1.29 is 27.9 Å². The van der Waals surface area contributed by atoms with Crippen LogP contribution < -0.4 is 4.90 Å². The molecule has 1 N–H and O–H groups in total. The van der Waals surface area contributed by atoms with Gasteiger partial charge >= 0.3 is 12.1 Å². The van der Waals surface area contributed by atoms with Crippen molar-refractivity contribution >= 4 is 23.2 Å². The Morgan fingerprint density at radius 1 is 1.03 bits per heavy atom. The normalized spacial score (nSPS) is 21.4. The van der Waals surface area contributed by atoms with Crippen molar-refractivity contribution in [1.82, 2.24) is 19.5 Å². The van der Waals surface area contributed by atoms with Crippen molar-refractivity contribution in [3.63, 3.8) is 0 Å². The molecule has 1 aliphatic carbocycles. The first kappa shape index (κ1) is 22.3. The van der Waals surface area contributed by atoms with Crippen LogP contribution in [0.15, 0.2) is 18.3 Å². The number of aliphatic carboxylic acids is 1. The van der Waals surface area contributed by atoms with Gasteiger partial charge in [-0.15, -0.1) is 0 Å². The topological polar surface area (TPSA) is 91.0 Å². The van der Waals surface area contributed by atoms with Crippen LogP contribution in [-0.4, -0.2) is 68.8 Å². The van der Waals surface area contributed by atoms with Crippen LogP contribution in [0.5, 0.6) is 0 Å². The summed E-state index contributed by atoms with van der Waals surface area (Å²) in [5.74, 6) is -0.938. The first-order valence-electron chi connectivity index (χ1n) is 10.9. The molecule has 8 nitrogen and oxygen atoms in total. The quantitative estimate of drug-likeness (QED) is 0.768. The van der Waals surface area contributed by atoms with Gasteiger partial charge in [-0.1, -0.05) is 0 Å². The van der Waals surface area contributed by atoms with Crippen LogP contribution in [0, 0.1) is 5.92 Å². The van der Waals surface area contributed by atoms with Crippen LogP contribution in [0.3, 0.4) is 0 Å². The van der Waals surface area contributed by atoms with Gasteiger partial charge in [-0.3, -0.25) is 4.79 Å².